The van der Waals surface area contributed by atoms with Crippen molar-refractivity contribution in [1.82, 2.24) is 6.15 Å². The molecule has 0 saturated heterocycles. The molecule has 0 fully saturated rings. The first-order valence-corrected chi connectivity index (χ1v) is 0.447. The number of hydrogen-bond acceptors (Lipinski definition) is 3. The third-order valence-corrected chi connectivity index (χ3v) is 0. The van der Waals surface area contributed by atoms with Gasteiger partial charge in [0, 0.05) is 0 Å². The molecule has 0 radical (unpaired) electrons. The third-order valence-electron chi connectivity index (χ3n) is 0. The molecule has 0 aromatic carbocycles. The van der Waals surface area contributed by atoms with Crippen LogP contribution in [0.1, 0.15) is 0 Å². The summed E-state index contributed by atoms with van der Waals surface area (Å²) in [5.74, 6) is 0. The van der Waals surface area contributed by atoms with Crippen LogP contribution < -0.4 is 6.15 Å². The zero-order valence-corrected chi connectivity index (χ0v) is 4.06. The van der Waals surface area contributed by atoms with E-state index in [1.165, 1.54) is 0 Å². The molecule has 34 valence electrons. The van der Waals surface area contributed by atoms with Crippen LogP contribution in [0.2, 0.25) is 0 Å². The smallest absolute Gasteiger partial charge is 0.512 e. The molecule has 6 heavy (non-hydrogen) atoms. The molecule has 0 aliphatic rings. The summed E-state index contributed by atoms with van der Waals surface area (Å²) in [4.78, 5) is 0. The minimum absolute atomic E-state index is 0. The van der Waals surface area contributed by atoms with Crippen molar-refractivity contribution in [3.8, 4) is 0 Å². The fraction of sp³-hybridized carbons (Fsp3) is 0. The summed E-state index contributed by atoms with van der Waals surface area (Å²) < 4.78 is 0. The second-order valence-electron chi connectivity index (χ2n) is 0. The first-order valence-electron chi connectivity index (χ1n) is 0.447. The molecule has 0 amide bonds. The van der Waals surface area contributed by atoms with Crippen LogP contribution in [0.25, 0.3) is 0 Å². The van der Waals surface area contributed by atoms with Crippen molar-refractivity contribution >= 4 is 0 Å². The molecule has 0 aliphatic heterocycles. The van der Waals surface area contributed by atoms with Crippen molar-refractivity contribution in [2.24, 2.45) is 0 Å². The average molecular weight is 125 g/mol. The summed E-state index contributed by atoms with van der Waals surface area (Å²) in [6.07, 6.45) is 0. The third kappa shape index (κ3) is 71.6. The molecule has 0 aromatic rings. The van der Waals surface area contributed by atoms with Crippen molar-refractivity contribution in [3.05, 3.63) is 13.1 Å². The van der Waals surface area contributed by atoms with Crippen molar-refractivity contribution in [1.29, 1.82) is 10.5 Å². The molecular formula is C2H3FeN3. The van der Waals surface area contributed by atoms with Crippen LogP contribution in [0.5, 0.6) is 0 Å². The van der Waals surface area contributed by atoms with Crippen LogP contribution in [0, 0.1) is 23.7 Å². The molecule has 0 heterocycles. The van der Waals surface area contributed by atoms with Gasteiger partial charge in [-0.2, -0.15) is 0 Å². The van der Waals surface area contributed by atoms with Crippen LogP contribution >= 0.6 is 0 Å². The van der Waals surface area contributed by atoms with Crippen molar-refractivity contribution in [2.75, 3.05) is 0 Å². The van der Waals surface area contributed by atoms with Crippen LogP contribution in [0.15, 0.2) is 0 Å². The van der Waals surface area contributed by atoms with E-state index in [1.54, 1.807) is 0 Å². The van der Waals surface area contributed by atoms with E-state index in [9.17, 15) is 0 Å². The number of nitrogens with zero attached hydrogens (tertiary/aromatic N) is 2. The SMILES string of the molecule is N.[C-]#N.[C-]#N.[Fe+2]. The minimum atomic E-state index is 0. The van der Waals surface area contributed by atoms with Crippen LogP contribution in [-0.2, 0) is 17.1 Å². The molecule has 0 atom stereocenters. The van der Waals surface area contributed by atoms with Gasteiger partial charge in [0.05, 0.1) is 0 Å². The molecule has 0 spiro atoms. The van der Waals surface area contributed by atoms with Gasteiger partial charge in [-0.15, -0.1) is 0 Å². The summed E-state index contributed by atoms with van der Waals surface area (Å²) in [5, 5.41) is 12.5. The van der Waals surface area contributed by atoms with Crippen molar-refractivity contribution in [2.45, 2.75) is 0 Å². The van der Waals surface area contributed by atoms with E-state index in [0.717, 1.165) is 0 Å². The first kappa shape index (κ1) is 51.0. The van der Waals surface area contributed by atoms with Gasteiger partial charge in [0.15, 0.2) is 0 Å². The van der Waals surface area contributed by atoms with Gasteiger partial charge in [0.2, 0.25) is 0 Å². The van der Waals surface area contributed by atoms with E-state index in [1.807, 2.05) is 0 Å². The normalized spacial score (nSPS) is 0.667. The van der Waals surface area contributed by atoms with Gasteiger partial charge < -0.3 is 29.8 Å². The predicted molar refractivity (Wildman–Crippen MR) is 15.0 cm³/mol. The number of hydrogen-bond donors (Lipinski definition) is 1. The Labute approximate surface area is 47.6 Å². The summed E-state index contributed by atoms with van der Waals surface area (Å²) in [6, 6.07) is 0. The van der Waals surface area contributed by atoms with E-state index < -0.39 is 0 Å². The molecule has 3 nitrogen and oxygen atoms in total. The fourth-order valence-electron chi connectivity index (χ4n) is 0. The van der Waals surface area contributed by atoms with Crippen molar-refractivity contribution < 1.29 is 17.1 Å². The first-order chi connectivity index (χ1) is 2.00. The van der Waals surface area contributed by atoms with Gasteiger partial charge in [-0.25, -0.2) is 0 Å². The maximum Gasteiger partial charge on any atom is 2.00 e. The van der Waals surface area contributed by atoms with Gasteiger partial charge in [0.1, 0.15) is 0 Å². The van der Waals surface area contributed by atoms with E-state index in [2.05, 4.69) is 0 Å². The monoisotopic (exact) mass is 125 g/mol. The summed E-state index contributed by atoms with van der Waals surface area (Å²) >= 11 is 0. The van der Waals surface area contributed by atoms with Gasteiger partial charge in [-0.3, -0.25) is 0 Å². The zero-order valence-electron chi connectivity index (χ0n) is 2.96. The Morgan fingerprint density at radius 1 is 0.833 bits per heavy atom. The predicted octanol–water partition coefficient (Wildman–Crippen LogP) is 0.352. The summed E-state index contributed by atoms with van der Waals surface area (Å²) in [5.41, 5.74) is 0. The average Bonchev–Trinajstić information content (AvgIpc) is 1.50. The molecular weight excluding hydrogens is 122 g/mol. The van der Waals surface area contributed by atoms with Gasteiger partial charge in [-0.05, 0) is 0 Å². The van der Waals surface area contributed by atoms with Crippen molar-refractivity contribution in [3.63, 3.8) is 0 Å². The van der Waals surface area contributed by atoms with Gasteiger partial charge in [-0.1, -0.05) is 0 Å². The molecule has 0 aliphatic carbocycles. The largest absolute Gasteiger partial charge is 2.00 e. The Balaban J connectivity index is -0.00000000500. The van der Waals surface area contributed by atoms with Gasteiger partial charge in [0.25, 0.3) is 0 Å². The molecule has 0 unspecified atom stereocenters. The fourth-order valence-corrected chi connectivity index (χ4v) is 0. The maximum absolute atomic E-state index is 6.25. The Hall–Kier alpha value is -0.541. The minimum Gasteiger partial charge on any atom is -0.512 e. The quantitative estimate of drug-likeness (QED) is 0.374. The number of rotatable bonds is 0. The van der Waals surface area contributed by atoms with Crippen LogP contribution in [0.4, 0.5) is 0 Å². The topological polar surface area (TPSA) is 82.6 Å². The molecule has 0 bridgehead atoms. The Morgan fingerprint density at radius 2 is 0.833 bits per heavy atom. The Kier molecular flexibility index (Phi) is 1550. The van der Waals surface area contributed by atoms with E-state index in [-0.39, 0.29) is 23.2 Å². The summed E-state index contributed by atoms with van der Waals surface area (Å²) in [6.45, 7) is 9.50. The van der Waals surface area contributed by atoms with E-state index in [4.69, 9.17) is 23.7 Å². The zero-order chi connectivity index (χ0) is 4.00. The Bertz CT molecular complexity index is 24.3. The van der Waals surface area contributed by atoms with E-state index in [0.29, 0.717) is 0 Å². The molecule has 0 rings (SSSR count). The second kappa shape index (κ2) is 183. The van der Waals surface area contributed by atoms with E-state index >= 15 is 0 Å². The summed E-state index contributed by atoms with van der Waals surface area (Å²) in [7, 11) is 0. The second-order valence-corrected chi connectivity index (χ2v) is 0. The standard InChI is InChI=1S/2CN.Fe.H3N/c2*1-2;;/h;;;1H3/q2*-1;+2;. The molecule has 0 aromatic heterocycles. The molecule has 0 saturated carbocycles. The van der Waals surface area contributed by atoms with Crippen LogP contribution in [0.3, 0.4) is 0 Å². The molecule has 3 N–H and O–H groups in total. The van der Waals surface area contributed by atoms with Crippen LogP contribution in [-0.4, -0.2) is 0 Å². The molecule has 4 heteroatoms. The van der Waals surface area contributed by atoms with Gasteiger partial charge >= 0.3 is 17.1 Å². The Morgan fingerprint density at radius 3 is 0.833 bits per heavy atom. The maximum atomic E-state index is 6.25.